The zero-order valence-corrected chi connectivity index (χ0v) is 12.6. The maximum absolute atomic E-state index is 12.7. The molecule has 2 saturated heterocycles. The lowest BCUT2D eigenvalue weighted by Crippen LogP contribution is -2.67. The Labute approximate surface area is 129 Å². The molecule has 106 valence electrons. The van der Waals surface area contributed by atoms with Crippen LogP contribution in [0, 0.1) is 0 Å². The summed E-state index contributed by atoms with van der Waals surface area (Å²) in [6, 6.07) is 20.7. The van der Waals surface area contributed by atoms with E-state index in [-0.39, 0.29) is 16.7 Å². The standard InChI is InChI=1S/C18H17NOS/c20-17-16(14-8-3-1-4-9-14)18(15-10-5-2-6-11-15)19(17)12-7-13-21-18/h1-6,8-11,16H,7,12-13H2/t16-,18+/m1/s1. The first kappa shape index (κ1) is 13.0. The molecule has 2 aliphatic rings. The van der Waals surface area contributed by atoms with E-state index in [1.165, 1.54) is 5.56 Å². The SMILES string of the molecule is O=C1[C@@H](c2ccccc2)[C@]2(c3ccccc3)SCCCN12. The highest BCUT2D eigenvalue weighted by atomic mass is 32.2. The minimum Gasteiger partial charge on any atom is -0.322 e. The highest BCUT2D eigenvalue weighted by Gasteiger charge is 2.62. The maximum atomic E-state index is 12.7. The third kappa shape index (κ3) is 1.77. The van der Waals surface area contributed by atoms with Crippen LogP contribution in [0.4, 0.5) is 0 Å². The largest absolute Gasteiger partial charge is 0.322 e. The average molecular weight is 295 g/mol. The first-order chi connectivity index (χ1) is 10.3. The van der Waals surface area contributed by atoms with Gasteiger partial charge in [0, 0.05) is 6.54 Å². The molecule has 4 rings (SSSR count). The third-order valence-corrected chi connectivity index (χ3v) is 6.10. The topological polar surface area (TPSA) is 20.3 Å². The number of hydrogen-bond donors (Lipinski definition) is 0. The Morgan fingerprint density at radius 3 is 2.38 bits per heavy atom. The van der Waals surface area contributed by atoms with Crippen molar-refractivity contribution in [3.8, 4) is 0 Å². The van der Waals surface area contributed by atoms with E-state index < -0.39 is 0 Å². The maximum Gasteiger partial charge on any atom is 0.235 e. The van der Waals surface area contributed by atoms with Crippen molar-refractivity contribution in [2.75, 3.05) is 12.3 Å². The molecule has 0 spiro atoms. The van der Waals surface area contributed by atoms with Gasteiger partial charge in [-0.05, 0) is 23.3 Å². The molecule has 21 heavy (non-hydrogen) atoms. The summed E-state index contributed by atoms with van der Waals surface area (Å²) in [6.07, 6.45) is 1.09. The molecule has 2 aromatic carbocycles. The van der Waals surface area contributed by atoms with Gasteiger partial charge in [0.05, 0.1) is 0 Å². The molecule has 2 atom stereocenters. The normalized spacial score (nSPS) is 27.9. The van der Waals surface area contributed by atoms with Crippen LogP contribution < -0.4 is 0 Å². The summed E-state index contributed by atoms with van der Waals surface area (Å²) in [7, 11) is 0. The summed E-state index contributed by atoms with van der Waals surface area (Å²) in [6.45, 7) is 0.879. The average Bonchev–Trinajstić information content (AvgIpc) is 2.56. The molecular formula is C18H17NOS. The predicted octanol–water partition coefficient (Wildman–Crippen LogP) is 3.60. The summed E-state index contributed by atoms with van der Waals surface area (Å²) >= 11 is 1.93. The molecular weight excluding hydrogens is 278 g/mol. The van der Waals surface area contributed by atoms with E-state index in [1.807, 2.05) is 36.0 Å². The second-order valence-corrected chi connectivity index (χ2v) is 6.92. The smallest absolute Gasteiger partial charge is 0.235 e. The van der Waals surface area contributed by atoms with Crippen molar-refractivity contribution in [2.45, 2.75) is 17.2 Å². The number of carbonyl (C=O) groups excluding carboxylic acids is 1. The molecule has 1 amide bonds. The van der Waals surface area contributed by atoms with Gasteiger partial charge in [-0.25, -0.2) is 0 Å². The van der Waals surface area contributed by atoms with E-state index in [0.717, 1.165) is 24.3 Å². The number of carbonyl (C=O) groups is 1. The monoisotopic (exact) mass is 295 g/mol. The van der Waals surface area contributed by atoms with E-state index in [0.29, 0.717) is 0 Å². The Morgan fingerprint density at radius 1 is 1.00 bits per heavy atom. The Hall–Kier alpha value is -1.74. The van der Waals surface area contributed by atoms with Gasteiger partial charge in [0.2, 0.25) is 5.91 Å². The second kappa shape index (κ2) is 4.92. The van der Waals surface area contributed by atoms with Crippen LogP contribution in [0.3, 0.4) is 0 Å². The molecule has 2 nitrogen and oxygen atoms in total. The molecule has 2 aliphatic heterocycles. The summed E-state index contributed by atoms with van der Waals surface area (Å²) in [5, 5.41) is 0. The molecule has 3 heteroatoms. The lowest BCUT2D eigenvalue weighted by atomic mass is 9.76. The zero-order chi connectivity index (χ0) is 14.3. The first-order valence-corrected chi connectivity index (χ1v) is 8.38. The van der Waals surface area contributed by atoms with Crippen LogP contribution >= 0.6 is 11.8 Å². The summed E-state index contributed by atoms with van der Waals surface area (Å²) in [4.78, 5) is 14.6. The van der Waals surface area contributed by atoms with E-state index >= 15 is 0 Å². The third-order valence-electron chi connectivity index (χ3n) is 4.47. The van der Waals surface area contributed by atoms with Gasteiger partial charge in [0.1, 0.15) is 10.8 Å². The Bertz CT molecular complexity index is 657. The van der Waals surface area contributed by atoms with Crippen LogP contribution in [0.5, 0.6) is 0 Å². The minimum atomic E-state index is -0.196. The number of fused-ring (bicyclic) bond motifs is 1. The minimum absolute atomic E-state index is 0.0496. The Kier molecular flexibility index (Phi) is 3.03. The molecule has 0 aliphatic carbocycles. The van der Waals surface area contributed by atoms with Crippen molar-refractivity contribution < 1.29 is 4.79 Å². The van der Waals surface area contributed by atoms with Crippen LogP contribution in [0.1, 0.15) is 23.5 Å². The summed E-state index contributed by atoms with van der Waals surface area (Å²) in [5.74, 6) is 1.34. The van der Waals surface area contributed by atoms with E-state index in [4.69, 9.17) is 0 Å². The quantitative estimate of drug-likeness (QED) is 0.789. The number of amides is 1. The fourth-order valence-electron chi connectivity index (χ4n) is 3.56. The van der Waals surface area contributed by atoms with Crippen LogP contribution in [0.15, 0.2) is 60.7 Å². The van der Waals surface area contributed by atoms with Gasteiger partial charge in [-0.15, -0.1) is 11.8 Å². The van der Waals surface area contributed by atoms with Gasteiger partial charge in [-0.1, -0.05) is 60.7 Å². The van der Waals surface area contributed by atoms with Gasteiger partial charge in [0.25, 0.3) is 0 Å². The van der Waals surface area contributed by atoms with Crippen molar-refractivity contribution in [1.29, 1.82) is 0 Å². The fourth-order valence-corrected chi connectivity index (χ4v) is 5.19. The molecule has 0 bridgehead atoms. The number of thioether (sulfide) groups is 1. The van der Waals surface area contributed by atoms with Gasteiger partial charge in [-0.3, -0.25) is 4.79 Å². The molecule has 2 heterocycles. The summed E-state index contributed by atoms with van der Waals surface area (Å²) < 4.78 is 0. The second-order valence-electron chi connectivity index (χ2n) is 5.60. The zero-order valence-electron chi connectivity index (χ0n) is 11.7. The molecule has 0 N–H and O–H groups in total. The van der Waals surface area contributed by atoms with Gasteiger partial charge in [-0.2, -0.15) is 0 Å². The highest BCUT2D eigenvalue weighted by molar-refractivity contribution is 8.00. The number of hydrogen-bond acceptors (Lipinski definition) is 2. The molecule has 2 aromatic rings. The number of benzene rings is 2. The fraction of sp³-hybridized carbons (Fsp3) is 0.278. The van der Waals surface area contributed by atoms with Crippen LogP contribution in [-0.4, -0.2) is 23.1 Å². The van der Waals surface area contributed by atoms with Gasteiger partial charge in [0.15, 0.2) is 0 Å². The lowest BCUT2D eigenvalue weighted by Gasteiger charge is -2.59. The molecule has 0 unspecified atom stereocenters. The predicted molar refractivity (Wildman–Crippen MR) is 86.1 cm³/mol. The first-order valence-electron chi connectivity index (χ1n) is 7.40. The number of nitrogens with zero attached hydrogens (tertiary/aromatic N) is 1. The van der Waals surface area contributed by atoms with Gasteiger partial charge < -0.3 is 4.90 Å². The van der Waals surface area contributed by atoms with Crippen molar-refractivity contribution in [1.82, 2.24) is 4.90 Å². The molecule has 2 fully saturated rings. The summed E-state index contributed by atoms with van der Waals surface area (Å²) in [5.41, 5.74) is 2.39. The van der Waals surface area contributed by atoms with Crippen molar-refractivity contribution >= 4 is 17.7 Å². The van der Waals surface area contributed by atoms with Crippen molar-refractivity contribution in [2.24, 2.45) is 0 Å². The van der Waals surface area contributed by atoms with Crippen LogP contribution in [0.25, 0.3) is 0 Å². The van der Waals surface area contributed by atoms with E-state index in [1.54, 1.807) is 0 Å². The Morgan fingerprint density at radius 2 is 1.67 bits per heavy atom. The number of β-lactam (4-membered cyclic amide) rings is 1. The van der Waals surface area contributed by atoms with E-state index in [2.05, 4.69) is 41.3 Å². The van der Waals surface area contributed by atoms with E-state index in [9.17, 15) is 4.79 Å². The van der Waals surface area contributed by atoms with Crippen molar-refractivity contribution in [3.05, 3.63) is 71.8 Å². The molecule has 0 saturated carbocycles. The van der Waals surface area contributed by atoms with Crippen molar-refractivity contribution in [3.63, 3.8) is 0 Å². The van der Waals surface area contributed by atoms with Crippen LogP contribution in [0.2, 0.25) is 0 Å². The Balaban J connectivity index is 1.84. The van der Waals surface area contributed by atoms with Gasteiger partial charge >= 0.3 is 0 Å². The van der Waals surface area contributed by atoms with Crippen LogP contribution in [-0.2, 0) is 9.67 Å². The molecule has 0 aromatic heterocycles. The lowest BCUT2D eigenvalue weighted by molar-refractivity contribution is -0.154. The molecule has 0 radical (unpaired) electrons. The highest BCUT2D eigenvalue weighted by Crippen LogP contribution is 2.60. The number of rotatable bonds is 2.